The van der Waals surface area contributed by atoms with Crippen LogP contribution < -0.4 is 11.1 Å². The molecule has 18 heavy (non-hydrogen) atoms. The van der Waals surface area contributed by atoms with Crippen LogP contribution >= 0.6 is 0 Å². The summed E-state index contributed by atoms with van der Waals surface area (Å²) in [6.45, 7) is 0.746. The van der Waals surface area contributed by atoms with Crippen LogP contribution in [0.5, 0.6) is 0 Å². The number of nitrogens with one attached hydrogen (secondary N) is 1. The van der Waals surface area contributed by atoms with Gasteiger partial charge in [0.05, 0.1) is 11.8 Å². The number of aryl methyl sites for hydroxylation is 1. The Labute approximate surface area is 106 Å². The van der Waals surface area contributed by atoms with E-state index in [1.165, 1.54) is 19.3 Å². The van der Waals surface area contributed by atoms with Crippen LogP contribution in [0.15, 0.2) is 18.6 Å². The Morgan fingerprint density at radius 3 is 3.17 bits per heavy atom. The number of aromatic nitrogens is 3. The molecule has 1 saturated carbocycles. The summed E-state index contributed by atoms with van der Waals surface area (Å²) in [6.07, 6.45) is 7.29. The van der Waals surface area contributed by atoms with E-state index in [2.05, 4.69) is 15.3 Å². The Kier molecular flexibility index (Phi) is 2.91. The van der Waals surface area contributed by atoms with Crippen molar-refractivity contribution in [1.82, 2.24) is 14.5 Å². The maximum absolute atomic E-state index is 5.81. The van der Waals surface area contributed by atoms with E-state index in [9.17, 15) is 0 Å². The van der Waals surface area contributed by atoms with Gasteiger partial charge in [0.15, 0.2) is 5.82 Å². The van der Waals surface area contributed by atoms with E-state index in [1.54, 1.807) is 0 Å². The van der Waals surface area contributed by atoms with Gasteiger partial charge in [0.1, 0.15) is 5.52 Å². The van der Waals surface area contributed by atoms with E-state index in [-0.39, 0.29) is 0 Å². The second-order valence-electron chi connectivity index (χ2n) is 5.06. The van der Waals surface area contributed by atoms with E-state index in [0.29, 0.717) is 12.0 Å². The summed E-state index contributed by atoms with van der Waals surface area (Å²) in [5.41, 5.74) is 7.87. The number of rotatable bonds is 3. The van der Waals surface area contributed by atoms with Crippen LogP contribution in [0.1, 0.15) is 19.3 Å². The molecule has 2 aromatic heterocycles. The molecule has 0 spiro atoms. The molecule has 0 bridgehead atoms. The quantitative estimate of drug-likeness (QED) is 0.860. The highest BCUT2D eigenvalue weighted by Gasteiger charge is 2.26. The zero-order chi connectivity index (χ0) is 12.5. The van der Waals surface area contributed by atoms with Crippen LogP contribution in [-0.2, 0) is 7.05 Å². The van der Waals surface area contributed by atoms with Crippen molar-refractivity contribution in [2.75, 3.05) is 11.9 Å². The van der Waals surface area contributed by atoms with Gasteiger partial charge in [-0.25, -0.2) is 9.97 Å². The SMILES string of the molecule is Cn1cnc2c(NC3CCCC3CN)nccc21. The molecule has 1 fully saturated rings. The summed E-state index contributed by atoms with van der Waals surface area (Å²) in [4.78, 5) is 8.84. The molecule has 2 heterocycles. The normalized spacial score (nSPS) is 23.7. The lowest BCUT2D eigenvalue weighted by Crippen LogP contribution is -2.29. The summed E-state index contributed by atoms with van der Waals surface area (Å²) < 4.78 is 2.01. The number of anilines is 1. The van der Waals surface area contributed by atoms with E-state index in [4.69, 9.17) is 5.73 Å². The van der Waals surface area contributed by atoms with E-state index < -0.39 is 0 Å². The van der Waals surface area contributed by atoms with Gasteiger partial charge in [-0.1, -0.05) is 6.42 Å². The van der Waals surface area contributed by atoms with Gasteiger partial charge >= 0.3 is 0 Å². The number of nitrogens with two attached hydrogens (primary N) is 1. The second kappa shape index (κ2) is 4.57. The number of hydrogen-bond donors (Lipinski definition) is 2. The Bertz CT molecular complexity index is 547. The number of nitrogens with zero attached hydrogens (tertiary/aromatic N) is 3. The minimum Gasteiger partial charge on any atom is -0.365 e. The van der Waals surface area contributed by atoms with Gasteiger partial charge in [0.25, 0.3) is 0 Å². The Balaban J connectivity index is 1.90. The average molecular weight is 245 g/mol. The third-order valence-electron chi connectivity index (χ3n) is 3.93. The fraction of sp³-hybridized carbons (Fsp3) is 0.538. The van der Waals surface area contributed by atoms with Crippen LogP contribution in [0.25, 0.3) is 11.0 Å². The van der Waals surface area contributed by atoms with Gasteiger partial charge in [-0.3, -0.25) is 0 Å². The smallest absolute Gasteiger partial charge is 0.154 e. The molecule has 0 amide bonds. The summed E-state index contributed by atoms with van der Waals surface area (Å²) in [6, 6.07) is 2.43. The number of pyridine rings is 1. The predicted molar refractivity (Wildman–Crippen MR) is 72.3 cm³/mol. The zero-order valence-electron chi connectivity index (χ0n) is 10.6. The largest absolute Gasteiger partial charge is 0.365 e. The molecule has 2 aromatic rings. The molecule has 3 N–H and O–H groups in total. The van der Waals surface area contributed by atoms with E-state index in [0.717, 1.165) is 23.4 Å². The highest BCUT2D eigenvalue weighted by atomic mass is 15.1. The third kappa shape index (κ3) is 1.84. The average Bonchev–Trinajstić information content (AvgIpc) is 2.98. The van der Waals surface area contributed by atoms with Crippen molar-refractivity contribution in [2.24, 2.45) is 18.7 Å². The number of hydrogen-bond acceptors (Lipinski definition) is 4. The maximum atomic E-state index is 5.81. The minimum atomic E-state index is 0.440. The molecule has 5 nitrogen and oxygen atoms in total. The van der Waals surface area contributed by atoms with Gasteiger partial charge in [-0.2, -0.15) is 0 Å². The molecule has 5 heteroatoms. The maximum Gasteiger partial charge on any atom is 0.154 e. The summed E-state index contributed by atoms with van der Waals surface area (Å²) in [7, 11) is 2.00. The molecule has 2 unspecified atom stereocenters. The molecule has 3 rings (SSSR count). The first-order valence-corrected chi connectivity index (χ1v) is 6.52. The third-order valence-corrected chi connectivity index (χ3v) is 3.93. The Morgan fingerprint density at radius 1 is 1.44 bits per heavy atom. The summed E-state index contributed by atoms with van der Waals surface area (Å²) >= 11 is 0. The topological polar surface area (TPSA) is 68.8 Å². The Hall–Kier alpha value is -1.62. The lowest BCUT2D eigenvalue weighted by Gasteiger charge is -2.20. The monoisotopic (exact) mass is 245 g/mol. The predicted octanol–water partition coefficient (Wildman–Crippen LogP) is 1.51. The first kappa shape index (κ1) is 11.5. The lowest BCUT2D eigenvalue weighted by molar-refractivity contribution is 0.516. The standard InChI is InChI=1S/C13H19N5/c1-18-8-16-12-11(18)5-6-15-13(12)17-10-4-2-3-9(10)7-14/h5-6,8-10H,2-4,7,14H2,1H3,(H,15,17). The molecule has 96 valence electrons. The van der Waals surface area contributed by atoms with E-state index >= 15 is 0 Å². The van der Waals surface area contributed by atoms with Crippen molar-refractivity contribution in [1.29, 1.82) is 0 Å². The molecular weight excluding hydrogens is 226 g/mol. The van der Waals surface area contributed by atoms with Crippen LogP contribution in [-0.4, -0.2) is 27.1 Å². The van der Waals surface area contributed by atoms with Gasteiger partial charge in [-0.15, -0.1) is 0 Å². The van der Waals surface area contributed by atoms with Gasteiger partial charge in [-0.05, 0) is 31.4 Å². The van der Waals surface area contributed by atoms with E-state index in [1.807, 2.05) is 30.2 Å². The van der Waals surface area contributed by atoms with Crippen molar-refractivity contribution >= 4 is 16.9 Å². The van der Waals surface area contributed by atoms with Crippen LogP contribution in [0.4, 0.5) is 5.82 Å². The van der Waals surface area contributed by atoms with Gasteiger partial charge < -0.3 is 15.6 Å². The van der Waals surface area contributed by atoms with Crippen molar-refractivity contribution < 1.29 is 0 Å². The fourth-order valence-corrected chi connectivity index (χ4v) is 2.85. The molecule has 0 aromatic carbocycles. The van der Waals surface area contributed by atoms with Crippen LogP contribution in [0.3, 0.4) is 0 Å². The number of fused-ring (bicyclic) bond motifs is 1. The second-order valence-corrected chi connectivity index (χ2v) is 5.06. The highest BCUT2D eigenvalue weighted by molar-refractivity contribution is 5.85. The van der Waals surface area contributed by atoms with Crippen molar-refractivity contribution in [3.8, 4) is 0 Å². The molecule has 0 saturated heterocycles. The first-order valence-electron chi connectivity index (χ1n) is 6.52. The van der Waals surface area contributed by atoms with Crippen LogP contribution in [0, 0.1) is 5.92 Å². The Morgan fingerprint density at radius 2 is 2.33 bits per heavy atom. The first-order chi connectivity index (χ1) is 8.79. The molecule has 1 aliphatic rings. The molecule has 0 radical (unpaired) electrons. The van der Waals surface area contributed by atoms with Crippen molar-refractivity contribution in [2.45, 2.75) is 25.3 Å². The number of imidazole rings is 1. The lowest BCUT2D eigenvalue weighted by atomic mass is 10.0. The van der Waals surface area contributed by atoms with Crippen molar-refractivity contribution in [3.05, 3.63) is 18.6 Å². The van der Waals surface area contributed by atoms with Crippen LogP contribution in [0.2, 0.25) is 0 Å². The fourth-order valence-electron chi connectivity index (χ4n) is 2.85. The minimum absolute atomic E-state index is 0.440. The zero-order valence-corrected chi connectivity index (χ0v) is 10.6. The van der Waals surface area contributed by atoms with Crippen molar-refractivity contribution in [3.63, 3.8) is 0 Å². The molecule has 2 atom stereocenters. The van der Waals surface area contributed by atoms with Gasteiger partial charge in [0, 0.05) is 19.3 Å². The molecule has 1 aliphatic carbocycles. The summed E-state index contributed by atoms with van der Waals surface area (Å²) in [5.74, 6) is 1.45. The van der Waals surface area contributed by atoms with Gasteiger partial charge in [0.2, 0.25) is 0 Å². The highest BCUT2D eigenvalue weighted by Crippen LogP contribution is 2.29. The molecule has 0 aliphatic heterocycles. The molecular formula is C13H19N5. The summed E-state index contributed by atoms with van der Waals surface area (Å²) in [5, 5.41) is 3.53.